The topological polar surface area (TPSA) is 88.2 Å². The van der Waals surface area contributed by atoms with Crippen LogP contribution in [-0.2, 0) is 16.4 Å². The number of aromatic nitrogens is 1. The van der Waals surface area contributed by atoms with E-state index in [2.05, 4.69) is 15.0 Å². The fourth-order valence-corrected chi connectivity index (χ4v) is 4.54. The zero-order valence-corrected chi connectivity index (χ0v) is 17.7. The molecule has 0 fully saturated rings. The van der Waals surface area contributed by atoms with Gasteiger partial charge in [-0.1, -0.05) is 41.4 Å². The van der Waals surface area contributed by atoms with E-state index in [4.69, 9.17) is 23.2 Å². The molecule has 30 heavy (non-hydrogen) atoms. The number of hydrogen-bond donors (Lipinski definition) is 2. The molecule has 2 aromatic carbocycles. The molecule has 0 aliphatic rings. The molecule has 0 atom stereocenters. The second-order valence-corrected chi connectivity index (χ2v) is 8.68. The van der Waals surface area contributed by atoms with Crippen LogP contribution in [0.25, 0.3) is 0 Å². The van der Waals surface area contributed by atoms with E-state index < -0.39 is 26.6 Å². The average molecular weight is 468 g/mol. The van der Waals surface area contributed by atoms with E-state index in [9.17, 15) is 17.6 Å². The van der Waals surface area contributed by atoms with Gasteiger partial charge in [-0.2, -0.15) is 0 Å². The lowest BCUT2D eigenvalue weighted by atomic mass is 10.2. The third-order valence-electron chi connectivity index (χ3n) is 4.10. The molecule has 1 amide bonds. The number of amides is 1. The van der Waals surface area contributed by atoms with Crippen LogP contribution in [-0.4, -0.2) is 25.9 Å². The van der Waals surface area contributed by atoms with E-state index in [-0.39, 0.29) is 21.3 Å². The molecule has 1 heterocycles. The molecular formula is C20H16Cl2FN3O3S. The molecule has 0 saturated heterocycles. The van der Waals surface area contributed by atoms with E-state index >= 15 is 0 Å². The van der Waals surface area contributed by atoms with E-state index in [1.165, 1.54) is 18.2 Å². The molecule has 0 spiro atoms. The molecule has 0 unspecified atom stereocenters. The lowest BCUT2D eigenvalue weighted by Gasteiger charge is -2.13. The number of nitrogens with one attached hydrogen (secondary N) is 2. The van der Waals surface area contributed by atoms with Crippen LogP contribution in [0.3, 0.4) is 0 Å². The summed E-state index contributed by atoms with van der Waals surface area (Å²) in [6.45, 7) is 0.291. The molecule has 0 aliphatic carbocycles. The van der Waals surface area contributed by atoms with Gasteiger partial charge in [0.15, 0.2) is 0 Å². The van der Waals surface area contributed by atoms with Crippen LogP contribution in [0.2, 0.25) is 10.0 Å². The average Bonchev–Trinajstić information content (AvgIpc) is 2.70. The standard InChI is InChI=1S/C20H16Cl2FN3O3S/c21-15-11-16(22)19(30(28,29)26-18-6-2-1-5-17(18)23)10-14(15)20(27)25-9-7-13-4-3-8-24-12-13/h1-6,8,10-12,26H,7,9H2,(H,25,27). The van der Waals surface area contributed by atoms with Crippen LogP contribution in [0.15, 0.2) is 65.8 Å². The second-order valence-electron chi connectivity index (χ2n) is 6.21. The summed E-state index contributed by atoms with van der Waals surface area (Å²) >= 11 is 12.1. The fraction of sp³-hybridized carbons (Fsp3) is 0.100. The third kappa shape index (κ3) is 5.27. The maximum atomic E-state index is 13.8. The maximum Gasteiger partial charge on any atom is 0.263 e. The first-order chi connectivity index (χ1) is 14.3. The summed E-state index contributed by atoms with van der Waals surface area (Å²) in [5.41, 5.74) is 0.615. The number of benzene rings is 2. The van der Waals surface area contributed by atoms with Gasteiger partial charge in [0.25, 0.3) is 15.9 Å². The molecule has 0 saturated carbocycles. The quantitative estimate of drug-likeness (QED) is 0.541. The summed E-state index contributed by atoms with van der Waals surface area (Å²) in [6.07, 6.45) is 3.86. The van der Waals surface area contributed by atoms with Crippen molar-refractivity contribution in [3.8, 4) is 0 Å². The van der Waals surface area contributed by atoms with Crippen molar-refractivity contribution >= 4 is 44.8 Å². The van der Waals surface area contributed by atoms with E-state index in [0.717, 1.165) is 23.8 Å². The van der Waals surface area contributed by atoms with Crippen molar-refractivity contribution in [1.29, 1.82) is 0 Å². The highest BCUT2D eigenvalue weighted by Gasteiger charge is 2.23. The Labute approximate surface area is 183 Å². The SMILES string of the molecule is O=C(NCCc1cccnc1)c1cc(S(=O)(=O)Nc2ccccc2F)c(Cl)cc1Cl. The van der Waals surface area contributed by atoms with Gasteiger partial charge in [-0.3, -0.25) is 14.5 Å². The number of sulfonamides is 1. The third-order valence-corrected chi connectivity index (χ3v) is 6.24. The Kier molecular flexibility index (Phi) is 6.91. The van der Waals surface area contributed by atoms with Gasteiger partial charge in [0.05, 0.1) is 21.3 Å². The molecule has 0 radical (unpaired) electrons. The van der Waals surface area contributed by atoms with Gasteiger partial charge in [-0.15, -0.1) is 0 Å². The lowest BCUT2D eigenvalue weighted by molar-refractivity contribution is 0.0954. The number of carbonyl (C=O) groups excluding carboxylic acids is 1. The van der Waals surface area contributed by atoms with E-state index in [1.54, 1.807) is 18.5 Å². The van der Waals surface area contributed by atoms with Crippen LogP contribution in [0, 0.1) is 5.82 Å². The van der Waals surface area contributed by atoms with Crippen LogP contribution in [0.4, 0.5) is 10.1 Å². The summed E-state index contributed by atoms with van der Waals surface area (Å²) in [6, 6.07) is 11.2. The van der Waals surface area contributed by atoms with Gasteiger partial charge in [0.1, 0.15) is 10.7 Å². The number of nitrogens with zero attached hydrogens (tertiary/aromatic N) is 1. The predicted octanol–water partition coefficient (Wildman–Crippen LogP) is 4.30. The number of anilines is 1. The smallest absolute Gasteiger partial charge is 0.263 e. The van der Waals surface area contributed by atoms with Crippen molar-refractivity contribution < 1.29 is 17.6 Å². The van der Waals surface area contributed by atoms with E-state index in [0.29, 0.717) is 13.0 Å². The van der Waals surface area contributed by atoms with E-state index in [1.807, 2.05) is 6.07 Å². The Bertz CT molecular complexity index is 1180. The largest absolute Gasteiger partial charge is 0.352 e. The summed E-state index contributed by atoms with van der Waals surface area (Å²) in [5, 5.41) is 2.47. The minimum Gasteiger partial charge on any atom is -0.352 e. The lowest BCUT2D eigenvalue weighted by Crippen LogP contribution is -2.26. The molecule has 0 aliphatic heterocycles. The molecule has 3 aromatic rings. The minimum atomic E-state index is -4.27. The zero-order chi connectivity index (χ0) is 21.7. The number of para-hydroxylation sites is 1. The predicted molar refractivity (Wildman–Crippen MR) is 114 cm³/mol. The molecule has 6 nitrogen and oxygen atoms in total. The molecule has 10 heteroatoms. The summed E-state index contributed by atoms with van der Waals surface area (Å²) < 4.78 is 41.4. The molecule has 156 valence electrons. The Balaban J connectivity index is 1.81. The van der Waals surface area contributed by atoms with Crippen molar-refractivity contribution in [3.05, 3.63) is 87.9 Å². The molecule has 1 aromatic heterocycles. The van der Waals surface area contributed by atoms with Crippen LogP contribution in [0.5, 0.6) is 0 Å². The highest BCUT2D eigenvalue weighted by atomic mass is 35.5. The number of hydrogen-bond acceptors (Lipinski definition) is 4. The van der Waals surface area contributed by atoms with Crippen molar-refractivity contribution in [3.63, 3.8) is 0 Å². The van der Waals surface area contributed by atoms with Crippen molar-refractivity contribution in [2.75, 3.05) is 11.3 Å². The van der Waals surface area contributed by atoms with Crippen LogP contribution >= 0.6 is 23.2 Å². The number of pyridine rings is 1. The number of carbonyl (C=O) groups is 1. The van der Waals surface area contributed by atoms with Crippen molar-refractivity contribution in [2.45, 2.75) is 11.3 Å². The number of rotatable bonds is 7. The van der Waals surface area contributed by atoms with Crippen LogP contribution < -0.4 is 10.0 Å². The Hall–Kier alpha value is -2.68. The second kappa shape index (κ2) is 9.42. The van der Waals surface area contributed by atoms with Gasteiger partial charge in [0, 0.05) is 18.9 Å². The number of halogens is 3. The zero-order valence-electron chi connectivity index (χ0n) is 15.4. The first-order valence-corrected chi connectivity index (χ1v) is 11.0. The Morgan fingerprint density at radius 1 is 1.07 bits per heavy atom. The minimum absolute atomic E-state index is 0.0104. The normalized spacial score (nSPS) is 11.2. The van der Waals surface area contributed by atoms with Crippen LogP contribution in [0.1, 0.15) is 15.9 Å². The van der Waals surface area contributed by atoms with Crippen molar-refractivity contribution in [1.82, 2.24) is 10.3 Å². The van der Waals surface area contributed by atoms with Gasteiger partial charge >= 0.3 is 0 Å². The monoisotopic (exact) mass is 467 g/mol. The molecular weight excluding hydrogens is 452 g/mol. The van der Waals surface area contributed by atoms with Gasteiger partial charge in [-0.25, -0.2) is 12.8 Å². The molecule has 0 bridgehead atoms. The van der Waals surface area contributed by atoms with Gasteiger partial charge in [-0.05, 0) is 42.3 Å². The maximum absolute atomic E-state index is 13.8. The Morgan fingerprint density at radius 2 is 1.83 bits per heavy atom. The highest BCUT2D eigenvalue weighted by Crippen LogP contribution is 2.30. The van der Waals surface area contributed by atoms with Gasteiger partial charge < -0.3 is 5.32 Å². The first-order valence-electron chi connectivity index (χ1n) is 8.71. The molecule has 3 rings (SSSR count). The first kappa shape index (κ1) is 22.0. The van der Waals surface area contributed by atoms with Gasteiger partial charge in [0.2, 0.25) is 0 Å². The van der Waals surface area contributed by atoms with Crippen molar-refractivity contribution in [2.24, 2.45) is 0 Å². The Morgan fingerprint density at radius 3 is 2.53 bits per heavy atom. The summed E-state index contributed by atoms with van der Waals surface area (Å²) in [4.78, 5) is 16.1. The molecule has 2 N–H and O–H groups in total. The summed E-state index contributed by atoms with van der Waals surface area (Å²) in [7, 11) is -4.27. The summed E-state index contributed by atoms with van der Waals surface area (Å²) in [5.74, 6) is -1.32. The highest BCUT2D eigenvalue weighted by molar-refractivity contribution is 7.92. The fourth-order valence-electron chi connectivity index (χ4n) is 2.61.